The number of piperidine rings is 1. The summed E-state index contributed by atoms with van der Waals surface area (Å²) >= 11 is 0. The van der Waals surface area contributed by atoms with E-state index in [9.17, 15) is 14.4 Å². The first-order chi connectivity index (χ1) is 12.4. The number of likely N-dealkylation sites (tertiary alicyclic amines) is 1. The molecule has 1 aliphatic rings. The smallest absolute Gasteiger partial charge is 0.329 e. The molecule has 1 aromatic carbocycles. The van der Waals surface area contributed by atoms with E-state index in [0.29, 0.717) is 37.1 Å². The second kappa shape index (κ2) is 8.95. The van der Waals surface area contributed by atoms with E-state index >= 15 is 0 Å². The fourth-order valence-electron chi connectivity index (χ4n) is 2.63. The average Bonchev–Trinajstić information content (AvgIpc) is 2.64. The lowest BCUT2D eigenvalue weighted by atomic mass is 10.1. The van der Waals surface area contributed by atoms with Crippen molar-refractivity contribution in [2.24, 2.45) is 5.73 Å². The first-order valence-corrected chi connectivity index (χ1v) is 8.20. The van der Waals surface area contributed by atoms with Crippen LogP contribution in [0.25, 0.3) is 0 Å². The molecule has 0 unspecified atom stereocenters. The molecule has 2 amide bonds. The number of hydrogen-bond acceptors (Lipinski definition) is 5. The van der Waals surface area contributed by atoms with Crippen LogP contribution in [0.4, 0.5) is 0 Å². The number of nitrogens with zero attached hydrogens (tertiary/aromatic N) is 1. The van der Waals surface area contributed by atoms with E-state index in [4.69, 9.17) is 21.0 Å². The number of carboxylic acid groups (broad SMARTS) is 1. The summed E-state index contributed by atoms with van der Waals surface area (Å²) in [7, 11) is 0. The van der Waals surface area contributed by atoms with Crippen LogP contribution in [0.15, 0.2) is 24.3 Å². The Labute approximate surface area is 150 Å². The Bertz CT molecular complexity index is 681. The van der Waals surface area contributed by atoms with Crippen LogP contribution in [-0.4, -0.2) is 66.0 Å². The highest BCUT2D eigenvalue weighted by atomic mass is 16.5. The highest BCUT2D eigenvalue weighted by molar-refractivity contribution is 5.99. The largest absolute Gasteiger partial charge is 0.480 e. The molecule has 0 spiro atoms. The van der Waals surface area contributed by atoms with Crippen LogP contribution in [0, 0.1) is 5.41 Å². The molecule has 0 atom stereocenters. The maximum atomic E-state index is 12.2. The summed E-state index contributed by atoms with van der Waals surface area (Å²) in [6.45, 7) is 0.476. The van der Waals surface area contributed by atoms with Crippen LogP contribution in [-0.2, 0) is 14.3 Å². The van der Waals surface area contributed by atoms with Crippen molar-refractivity contribution < 1.29 is 24.2 Å². The second-order valence-electron chi connectivity index (χ2n) is 5.96. The molecule has 0 aliphatic carbocycles. The van der Waals surface area contributed by atoms with Gasteiger partial charge in [0.15, 0.2) is 0 Å². The number of nitrogens with one attached hydrogen (secondary N) is 2. The van der Waals surface area contributed by atoms with Crippen LogP contribution in [0.2, 0.25) is 0 Å². The maximum Gasteiger partial charge on any atom is 0.329 e. The molecule has 140 valence electrons. The van der Waals surface area contributed by atoms with Crippen molar-refractivity contribution in [2.75, 3.05) is 26.2 Å². The molecule has 1 heterocycles. The van der Waals surface area contributed by atoms with Crippen LogP contribution < -0.4 is 11.1 Å². The van der Waals surface area contributed by atoms with Gasteiger partial charge in [-0.05, 0) is 25.0 Å². The van der Waals surface area contributed by atoms with Gasteiger partial charge in [0.1, 0.15) is 12.4 Å². The number of aliphatic carboxylic acids is 1. The van der Waals surface area contributed by atoms with Crippen LogP contribution in [0.5, 0.6) is 0 Å². The molecule has 26 heavy (non-hydrogen) atoms. The number of ether oxygens (including phenoxy) is 1. The predicted molar refractivity (Wildman–Crippen MR) is 93.0 cm³/mol. The van der Waals surface area contributed by atoms with Gasteiger partial charge in [-0.2, -0.15) is 0 Å². The zero-order chi connectivity index (χ0) is 19.1. The van der Waals surface area contributed by atoms with E-state index in [0.717, 1.165) is 0 Å². The first kappa shape index (κ1) is 19.4. The van der Waals surface area contributed by atoms with E-state index in [1.807, 2.05) is 0 Å². The summed E-state index contributed by atoms with van der Waals surface area (Å²) in [5, 5.41) is 18.5. The third-order valence-electron chi connectivity index (χ3n) is 4.10. The monoisotopic (exact) mass is 362 g/mol. The Morgan fingerprint density at radius 1 is 1.19 bits per heavy atom. The average molecular weight is 362 g/mol. The minimum Gasteiger partial charge on any atom is -0.480 e. The highest BCUT2D eigenvalue weighted by Gasteiger charge is 2.24. The van der Waals surface area contributed by atoms with Gasteiger partial charge in [-0.25, -0.2) is 4.79 Å². The highest BCUT2D eigenvalue weighted by Crippen LogP contribution is 2.13. The Morgan fingerprint density at radius 2 is 1.77 bits per heavy atom. The van der Waals surface area contributed by atoms with Crippen molar-refractivity contribution >= 4 is 23.6 Å². The lowest BCUT2D eigenvalue weighted by Crippen LogP contribution is -2.45. The van der Waals surface area contributed by atoms with Gasteiger partial charge >= 0.3 is 5.97 Å². The number of benzene rings is 1. The van der Waals surface area contributed by atoms with Crippen LogP contribution in [0.1, 0.15) is 28.8 Å². The maximum absolute atomic E-state index is 12.2. The van der Waals surface area contributed by atoms with Gasteiger partial charge in [0.25, 0.3) is 5.91 Å². The minimum absolute atomic E-state index is 0.0807. The van der Waals surface area contributed by atoms with E-state index < -0.39 is 5.97 Å². The zero-order valence-electron chi connectivity index (χ0n) is 14.2. The number of rotatable bonds is 7. The van der Waals surface area contributed by atoms with Gasteiger partial charge in [0.05, 0.1) is 12.6 Å². The number of carboxylic acids is 1. The van der Waals surface area contributed by atoms with Crippen LogP contribution in [0.3, 0.4) is 0 Å². The molecule has 0 aromatic heterocycles. The van der Waals surface area contributed by atoms with E-state index in [1.165, 1.54) is 0 Å². The molecule has 0 bridgehead atoms. The van der Waals surface area contributed by atoms with Crippen molar-refractivity contribution in [3.05, 3.63) is 35.4 Å². The van der Waals surface area contributed by atoms with Gasteiger partial charge in [-0.3, -0.25) is 15.0 Å². The van der Waals surface area contributed by atoms with E-state index in [1.54, 1.807) is 29.2 Å². The number of carbonyl (C=O) groups is 3. The molecule has 9 heteroatoms. The summed E-state index contributed by atoms with van der Waals surface area (Å²) < 4.78 is 5.22. The van der Waals surface area contributed by atoms with Crippen molar-refractivity contribution in [3.8, 4) is 0 Å². The number of hydrogen-bond donors (Lipinski definition) is 4. The standard InChI is InChI=1S/C17H22N4O5/c18-16(19)11-1-3-12(4-2-11)17(25)20-9-14(22)21-7-5-13(6-8-21)26-10-15(23)24/h1-4,13H,5-10H2,(H3,18,19)(H,20,25)(H,23,24). The Hall–Kier alpha value is -2.94. The molecule has 1 aliphatic heterocycles. The van der Waals surface area contributed by atoms with Gasteiger partial charge in [0.2, 0.25) is 5.91 Å². The molecule has 1 fully saturated rings. The molecule has 2 rings (SSSR count). The summed E-state index contributed by atoms with van der Waals surface area (Å²) in [5.74, 6) is -1.67. The molecule has 1 saturated heterocycles. The second-order valence-corrected chi connectivity index (χ2v) is 5.96. The van der Waals surface area contributed by atoms with Crippen molar-refractivity contribution in [2.45, 2.75) is 18.9 Å². The van der Waals surface area contributed by atoms with Gasteiger partial charge < -0.3 is 25.8 Å². The number of amidine groups is 1. The van der Waals surface area contributed by atoms with Gasteiger partial charge in [0, 0.05) is 24.2 Å². The molecule has 0 radical (unpaired) electrons. The third-order valence-corrected chi connectivity index (χ3v) is 4.10. The summed E-state index contributed by atoms with van der Waals surface area (Å²) in [6, 6.07) is 6.23. The normalized spacial score (nSPS) is 14.7. The number of amides is 2. The lowest BCUT2D eigenvalue weighted by Gasteiger charge is -2.31. The Kier molecular flexibility index (Phi) is 6.67. The quantitative estimate of drug-likeness (QED) is 0.390. The molecule has 5 N–H and O–H groups in total. The summed E-state index contributed by atoms with van der Waals surface area (Å²) in [5.41, 5.74) is 6.26. The number of nitrogen functional groups attached to an aromatic ring is 1. The Balaban J connectivity index is 1.75. The molecular formula is C17H22N4O5. The fourth-order valence-corrected chi connectivity index (χ4v) is 2.63. The first-order valence-electron chi connectivity index (χ1n) is 8.20. The molecule has 0 saturated carbocycles. The topological polar surface area (TPSA) is 146 Å². The van der Waals surface area contributed by atoms with Crippen molar-refractivity contribution in [3.63, 3.8) is 0 Å². The van der Waals surface area contributed by atoms with E-state index in [-0.39, 0.29) is 36.9 Å². The number of nitrogens with two attached hydrogens (primary N) is 1. The van der Waals surface area contributed by atoms with E-state index in [2.05, 4.69) is 5.32 Å². The molecular weight excluding hydrogens is 340 g/mol. The third kappa shape index (κ3) is 5.55. The summed E-state index contributed by atoms with van der Waals surface area (Å²) in [4.78, 5) is 36.4. The molecule has 9 nitrogen and oxygen atoms in total. The fraction of sp³-hybridized carbons (Fsp3) is 0.412. The SMILES string of the molecule is N=C(N)c1ccc(C(=O)NCC(=O)N2CCC(OCC(=O)O)CC2)cc1. The van der Waals surface area contributed by atoms with Gasteiger partial charge in [-0.15, -0.1) is 0 Å². The van der Waals surface area contributed by atoms with Crippen LogP contribution >= 0.6 is 0 Å². The van der Waals surface area contributed by atoms with Crippen molar-refractivity contribution in [1.82, 2.24) is 10.2 Å². The lowest BCUT2D eigenvalue weighted by molar-refractivity contribution is -0.146. The van der Waals surface area contributed by atoms with Gasteiger partial charge in [-0.1, -0.05) is 12.1 Å². The summed E-state index contributed by atoms with van der Waals surface area (Å²) in [6.07, 6.45) is 0.975. The molecule has 1 aromatic rings. The zero-order valence-corrected chi connectivity index (χ0v) is 14.2. The Morgan fingerprint density at radius 3 is 2.31 bits per heavy atom. The van der Waals surface area contributed by atoms with Crippen molar-refractivity contribution in [1.29, 1.82) is 5.41 Å². The minimum atomic E-state index is -1.01. The number of carbonyl (C=O) groups excluding carboxylic acids is 2. The predicted octanol–water partition coefficient (Wildman–Crippen LogP) is -0.207.